The Bertz CT molecular complexity index is 565. The number of carbonyl (C=O) groups excluding carboxylic acids is 2. The number of hydrogen-bond acceptors (Lipinski definition) is 3. The monoisotopic (exact) mass is 323 g/mol. The third kappa shape index (κ3) is 4.66. The molecular formula is C16H22FN3O3. The van der Waals surface area contributed by atoms with Crippen molar-refractivity contribution in [2.45, 2.75) is 38.3 Å². The molecule has 1 aliphatic heterocycles. The molecule has 0 aliphatic carbocycles. The Morgan fingerprint density at radius 3 is 2.91 bits per heavy atom. The third-order valence-corrected chi connectivity index (χ3v) is 3.73. The molecule has 6 nitrogen and oxygen atoms in total. The number of para-hydroxylation sites is 1. The molecule has 7 heteroatoms. The van der Waals surface area contributed by atoms with Gasteiger partial charge in [0, 0.05) is 13.1 Å². The fourth-order valence-corrected chi connectivity index (χ4v) is 2.52. The smallest absolute Gasteiger partial charge is 0.315 e. The Morgan fingerprint density at radius 1 is 1.48 bits per heavy atom. The second-order valence-electron chi connectivity index (χ2n) is 5.67. The molecule has 0 bridgehead atoms. The summed E-state index contributed by atoms with van der Waals surface area (Å²) in [5, 5.41) is 14.4. The molecule has 2 atom stereocenters. The van der Waals surface area contributed by atoms with E-state index >= 15 is 0 Å². The Hall–Kier alpha value is -2.15. The van der Waals surface area contributed by atoms with Gasteiger partial charge in [-0.3, -0.25) is 4.79 Å². The molecule has 1 aromatic rings. The fraction of sp³-hybridized carbons (Fsp3) is 0.500. The summed E-state index contributed by atoms with van der Waals surface area (Å²) in [6.45, 7) is 2.39. The Labute approximate surface area is 134 Å². The zero-order valence-electron chi connectivity index (χ0n) is 13.1. The number of rotatable bonds is 5. The lowest BCUT2D eigenvalue weighted by Gasteiger charge is -2.32. The zero-order chi connectivity index (χ0) is 16.8. The first-order chi connectivity index (χ1) is 11.0. The highest BCUT2D eigenvalue weighted by molar-refractivity contribution is 5.99. The van der Waals surface area contributed by atoms with E-state index in [1.165, 1.54) is 11.0 Å². The summed E-state index contributed by atoms with van der Waals surface area (Å²) in [4.78, 5) is 25.6. The molecule has 1 fully saturated rings. The van der Waals surface area contributed by atoms with Gasteiger partial charge < -0.3 is 20.6 Å². The maximum Gasteiger partial charge on any atom is 0.315 e. The van der Waals surface area contributed by atoms with Gasteiger partial charge in [-0.05, 0) is 38.3 Å². The predicted octanol–water partition coefficient (Wildman–Crippen LogP) is 1.39. The van der Waals surface area contributed by atoms with Gasteiger partial charge in [0.1, 0.15) is 11.9 Å². The van der Waals surface area contributed by atoms with Crippen LogP contribution in [0.3, 0.4) is 0 Å². The topological polar surface area (TPSA) is 81.7 Å². The van der Waals surface area contributed by atoms with E-state index in [-0.39, 0.29) is 11.6 Å². The van der Waals surface area contributed by atoms with Crippen LogP contribution in [-0.4, -0.2) is 42.3 Å². The minimum Gasteiger partial charge on any atom is -0.393 e. The number of amides is 3. The van der Waals surface area contributed by atoms with Crippen LogP contribution >= 0.6 is 0 Å². The molecule has 1 aliphatic rings. The van der Waals surface area contributed by atoms with E-state index < -0.39 is 24.0 Å². The number of benzene rings is 1. The summed E-state index contributed by atoms with van der Waals surface area (Å²) >= 11 is 0. The van der Waals surface area contributed by atoms with Crippen molar-refractivity contribution in [2.75, 3.05) is 18.0 Å². The first-order valence-electron chi connectivity index (χ1n) is 7.77. The molecule has 23 heavy (non-hydrogen) atoms. The van der Waals surface area contributed by atoms with Crippen molar-refractivity contribution in [3.8, 4) is 0 Å². The quantitative estimate of drug-likeness (QED) is 0.766. The van der Waals surface area contributed by atoms with Gasteiger partial charge in [-0.15, -0.1) is 0 Å². The van der Waals surface area contributed by atoms with E-state index in [0.717, 1.165) is 0 Å². The van der Waals surface area contributed by atoms with E-state index in [2.05, 4.69) is 10.6 Å². The van der Waals surface area contributed by atoms with Crippen molar-refractivity contribution in [1.82, 2.24) is 10.6 Å². The lowest BCUT2D eigenvalue weighted by atomic mass is 10.0. The van der Waals surface area contributed by atoms with Gasteiger partial charge in [-0.25, -0.2) is 9.18 Å². The van der Waals surface area contributed by atoms with Crippen LogP contribution in [0, 0.1) is 5.82 Å². The van der Waals surface area contributed by atoms with E-state index in [4.69, 9.17) is 5.11 Å². The maximum absolute atomic E-state index is 13.9. The van der Waals surface area contributed by atoms with Gasteiger partial charge in [0.15, 0.2) is 0 Å². The second kappa shape index (κ2) is 7.92. The first-order valence-corrected chi connectivity index (χ1v) is 7.77. The molecule has 0 radical (unpaired) electrons. The summed E-state index contributed by atoms with van der Waals surface area (Å²) in [6, 6.07) is 4.97. The van der Waals surface area contributed by atoms with Gasteiger partial charge in [-0.1, -0.05) is 12.1 Å². The van der Waals surface area contributed by atoms with Gasteiger partial charge in [0.25, 0.3) is 0 Å². The Balaban J connectivity index is 1.95. The summed E-state index contributed by atoms with van der Waals surface area (Å²) in [7, 11) is 0. The van der Waals surface area contributed by atoms with Gasteiger partial charge in [0.2, 0.25) is 5.91 Å². The van der Waals surface area contributed by atoms with Crippen LogP contribution in [0.25, 0.3) is 0 Å². The number of hydrogen-bond donors (Lipinski definition) is 3. The number of aliphatic hydroxyl groups is 1. The summed E-state index contributed by atoms with van der Waals surface area (Å²) in [6.07, 6.45) is 1.14. The van der Waals surface area contributed by atoms with Crippen LogP contribution in [0.1, 0.15) is 26.2 Å². The van der Waals surface area contributed by atoms with Crippen LogP contribution in [0.5, 0.6) is 0 Å². The van der Waals surface area contributed by atoms with Crippen molar-refractivity contribution in [3.05, 3.63) is 30.1 Å². The number of carbonyl (C=O) groups is 2. The van der Waals surface area contributed by atoms with Crippen molar-refractivity contribution >= 4 is 17.6 Å². The SMILES string of the molecule is CC(O)CCNC(=O)NC1CCCN(c2ccccc2F)C1=O. The molecule has 0 spiro atoms. The van der Waals surface area contributed by atoms with E-state index in [1.807, 2.05) is 0 Å². The van der Waals surface area contributed by atoms with Crippen LogP contribution in [-0.2, 0) is 4.79 Å². The minimum atomic E-state index is -0.671. The number of anilines is 1. The second-order valence-corrected chi connectivity index (χ2v) is 5.67. The zero-order valence-corrected chi connectivity index (χ0v) is 13.1. The number of halogens is 1. The van der Waals surface area contributed by atoms with Crippen LogP contribution in [0.2, 0.25) is 0 Å². The van der Waals surface area contributed by atoms with Crippen LogP contribution in [0.4, 0.5) is 14.9 Å². The molecule has 1 aromatic carbocycles. The number of aliphatic hydroxyl groups excluding tert-OH is 1. The predicted molar refractivity (Wildman–Crippen MR) is 84.6 cm³/mol. The average Bonchev–Trinajstić information content (AvgIpc) is 2.50. The lowest BCUT2D eigenvalue weighted by Crippen LogP contribution is -2.54. The highest BCUT2D eigenvalue weighted by Crippen LogP contribution is 2.23. The summed E-state index contributed by atoms with van der Waals surface area (Å²) in [5.41, 5.74) is 0.235. The molecule has 2 rings (SSSR count). The number of nitrogens with one attached hydrogen (secondary N) is 2. The number of piperidine rings is 1. The maximum atomic E-state index is 13.9. The van der Waals surface area contributed by atoms with Gasteiger partial charge >= 0.3 is 6.03 Å². The molecule has 2 unspecified atom stereocenters. The standard InChI is InChI=1S/C16H22FN3O3/c1-11(21)8-9-18-16(23)19-13-6-4-10-20(15(13)22)14-7-3-2-5-12(14)17/h2-3,5,7,11,13,21H,4,6,8-10H2,1H3,(H2,18,19,23). The van der Waals surface area contributed by atoms with Crippen LogP contribution < -0.4 is 15.5 Å². The highest BCUT2D eigenvalue weighted by atomic mass is 19.1. The molecule has 3 amide bonds. The lowest BCUT2D eigenvalue weighted by molar-refractivity contribution is -0.121. The Kier molecular flexibility index (Phi) is 5.92. The highest BCUT2D eigenvalue weighted by Gasteiger charge is 2.31. The molecule has 0 aromatic heterocycles. The van der Waals surface area contributed by atoms with Crippen molar-refractivity contribution in [3.63, 3.8) is 0 Å². The summed E-state index contributed by atoms with van der Waals surface area (Å²) in [5.74, 6) is -0.769. The molecular weight excluding hydrogens is 301 g/mol. The molecule has 1 heterocycles. The third-order valence-electron chi connectivity index (χ3n) is 3.73. The number of nitrogens with zero attached hydrogens (tertiary/aromatic N) is 1. The molecule has 126 valence electrons. The van der Waals surface area contributed by atoms with Crippen LogP contribution in [0.15, 0.2) is 24.3 Å². The number of urea groups is 1. The first kappa shape index (κ1) is 17.2. The Morgan fingerprint density at radius 2 is 2.22 bits per heavy atom. The van der Waals surface area contributed by atoms with Gasteiger partial charge in [-0.2, -0.15) is 0 Å². The van der Waals surface area contributed by atoms with E-state index in [1.54, 1.807) is 25.1 Å². The van der Waals surface area contributed by atoms with Crippen molar-refractivity contribution in [1.29, 1.82) is 0 Å². The summed E-state index contributed by atoms with van der Waals surface area (Å²) < 4.78 is 13.9. The van der Waals surface area contributed by atoms with Gasteiger partial charge in [0.05, 0.1) is 11.8 Å². The van der Waals surface area contributed by atoms with E-state index in [9.17, 15) is 14.0 Å². The van der Waals surface area contributed by atoms with Crippen molar-refractivity contribution < 1.29 is 19.1 Å². The van der Waals surface area contributed by atoms with Crippen molar-refractivity contribution in [2.24, 2.45) is 0 Å². The minimum absolute atomic E-state index is 0.235. The molecule has 3 N–H and O–H groups in total. The average molecular weight is 323 g/mol. The molecule has 0 saturated carbocycles. The largest absolute Gasteiger partial charge is 0.393 e. The molecule has 1 saturated heterocycles. The normalized spacial score (nSPS) is 19.3. The van der Waals surface area contributed by atoms with E-state index in [0.29, 0.717) is 32.4 Å². The fourth-order valence-electron chi connectivity index (χ4n) is 2.52.